The second kappa shape index (κ2) is 5.95. The first kappa shape index (κ1) is 13.7. The van der Waals surface area contributed by atoms with Gasteiger partial charge in [-0.15, -0.1) is 0 Å². The maximum Gasteiger partial charge on any atom is 0.240 e. The zero-order chi connectivity index (χ0) is 14.5. The fourth-order valence-electron chi connectivity index (χ4n) is 1.84. The number of anilines is 1. The maximum absolute atomic E-state index is 11.8. The number of carbonyl (C=O) groups is 3. The third-order valence-corrected chi connectivity index (χ3v) is 2.68. The lowest BCUT2D eigenvalue weighted by Gasteiger charge is -2.24. The van der Waals surface area contributed by atoms with Crippen LogP contribution in [-0.2, 0) is 14.4 Å². The first-order valence-corrected chi connectivity index (χ1v) is 5.92. The van der Waals surface area contributed by atoms with E-state index < -0.39 is 11.8 Å². The quantitative estimate of drug-likeness (QED) is 0.719. The van der Waals surface area contributed by atoms with Gasteiger partial charge in [0.15, 0.2) is 0 Å². The van der Waals surface area contributed by atoms with Crippen LogP contribution in [-0.4, -0.2) is 42.3 Å². The van der Waals surface area contributed by atoms with Gasteiger partial charge in [0, 0.05) is 5.69 Å². The van der Waals surface area contributed by atoms with E-state index in [0.29, 0.717) is 11.3 Å². The molecular formula is C13H12N4O3. The summed E-state index contributed by atoms with van der Waals surface area (Å²) in [6.07, 6.45) is 0. The number of nitrogens with zero attached hydrogens (tertiary/aromatic N) is 2. The fraction of sp³-hybridized carbons (Fsp3) is 0.231. The Labute approximate surface area is 115 Å². The Balaban J connectivity index is 1.90. The molecule has 1 aromatic carbocycles. The smallest absolute Gasteiger partial charge is 0.240 e. The van der Waals surface area contributed by atoms with E-state index in [1.165, 1.54) is 4.90 Å². The molecule has 0 bridgehead atoms. The summed E-state index contributed by atoms with van der Waals surface area (Å²) in [5.41, 5.74) is 1.06. The van der Waals surface area contributed by atoms with Crippen molar-refractivity contribution in [2.75, 3.05) is 25.0 Å². The van der Waals surface area contributed by atoms with Crippen molar-refractivity contribution < 1.29 is 14.4 Å². The third-order valence-electron chi connectivity index (χ3n) is 2.68. The topological polar surface area (TPSA) is 102 Å². The van der Waals surface area contributed by atoms with Gasteiger partial charge in [-0.3, -0.25) is 24.6 Å². The number of carbonyl (C=O) groups excluding carboxylic acids is 3. The van der Waals surface area contributed by atoms with Crippen molar-refractivity contribution in [3.63, 3.8) is 0 Å². The molecule has 0 saturated carbocycles. The number of hydrogen-bond donors (Lipinski definition) is 2. The zero-order valence-electron chi connectivity index (χ0n) is 10.5. The minimum atomic E-state index is -0.410. The molecule has 1 aliphatic heterocycles. The van der Waals surface area contributed by atoms with Gasteiger partial charge in [-0.25, -0.2) is 0 Å². The summed E-state index contributed by atoms with van der Waals surface area (Å²) in [6, 6.07) is 8.39. The van der Waals surface area contributed by atoms with E-state index in [9.17, 15) is 14.4 Å². The zero-order valence-corrected chi connectivity index (χ0v) is 10.5. The predicted octanol–water partition coefficient (Wildman–Crippen LogP) is -0.545. The Bertz CT molecular complexity index is 573. The van der Waals surface area contributed by atoms with E-state index in [4.69, 9.17) is 5.26 Å². The first-order chi connectivity index (χ1) is 9.56. The van der Waals surface area contributed by atoms with E-state index in [-0.39, 0.29) is 25.5 Å². The molecule has 2 rings (SSSR count). The molecule has 1 aromatic rings. The summed E-state index contributed by atoms with van der Waals surface area (Å²) in [5, 5.41) is 13.5. The van der Waals surface area contributed by atoms with Crippen LogP contribution in [0.2, 0.25) is 0 Å². The molecule has 0 spiro atoms. The highest BCUT2D eigenvalue weighted by atomic mass is 16.2. The summed E-state index contributed by atoms with van der Waals surface area (Å²) in [5.74, 6) is -1.14. The molecule has 3 amide bonds. The van der Waals surface area contributed by atoms with Crippen LogP contribution >= 0.6 is 0 Å². The Morgan fingerprint density at radius 2 is 1.85 bits per heavy atom. The highest BCUT2D eigenvalue weighted by molar-refractivity contribution is 6.00. The minimum Gasteiger partial charge on any atom is -0.325 e. The highest BCUT2D eigenvalue weighted by Crippen LogP contribution is 2.08. The van der Waals surface area contributed by atoms with E-state index in [0.717, 1.165) is 0 Å². The van der Waals surface area contributed by atoms with Crippen LogP contribution in [0.5, 0.6) is 0 Å². The molecule has 20 heavy (non-hydrogen) atoms. The van der Waals surface area contributed by atoms with Gasteiger partial charge in [-0.05, 0) is 24.3 Å². The minimum absolute atomic E-state index is 0.0204. The van der Waals surface area contributed by atoms with Gasteiger partial charge in [0.1, 0.15) is 0 Å². The Morgan fingerprint density at radius 3 is 2.40 bits per heavy atom. The highest BCUT2D eigenvalue weighted by Gasteiger charge is 2.23. The second-order valence-electron chi connectivity index (χ2n) is 4.35. The van der Waals surface area contributed by atoms with Gasteiger partial charge in [0.2, 0.25) is 17.7 Å². The third kappa shape index (κ3) is 3.63. The average Bonchev–Trinajstić information content (AvgIpc) is 2.38. The molecule has 7 nitrogen and oxygen atoms in total. The normalized spacial score (nSPS) is 15.3. The SMILES string of the molecule is N#Cc1ccc(NC(=O)CN2CC(=O)NC(=O)C2)cc1. The summed E-state index contributed by atoms with van der Waals surface area (Å²) in [7, 11) is 0. The van der Waals surface area contributed by atoms with Crippen LogP contribution in [0.25, 0.3) is 0 Å². The number of piperazine rings is 1. The molecule has 0 aromatic heterocycles. The lowest BCUT2D eigenvalue weighted by molar-refractivity contribution is -0.136. The Morgan fingerprint density at radius 1 is 1.25 bits per heavy atom. The van der Waals surface area contributed by atoms with E-state index in [1.54, 1.807) is 24.3 Å². The molecule has 1 heterocycles. The van der Waals surface area contributed by atoms with E-state index >= 15 is 0 Å². The predicted molar refractivity (Wildman–Crippen MR) is 69.4 cm³/mol. The summed E-state index contributed by atoms with van der Waals surface area (Å²) in [4.78, 5) is 35.6. The van der Waals surface area contributed by atoms with Crippen molar-refractivity contribution in [3.05, 3.63) is 29.8 Å². The van der Waals surface area contributed by atoms with Crippen molar-refractivity contribution in [2.24, 2.45) is 0 Å². The number of benzene rings is 1. The number of nitriles is 1. The Hall–Kier alpha value is -2.72. The van der Waals surface area contributed by atoms with E-state index in [1.807, 2.05) is 6.07 Å². The molecule has 2 N–H and O–H groups in total. The average molecular weight is 272 g/mol. The van der Waals surface area contributed by atoms with Gasteiger partial charge in [-0.1, -0.05) is 0 Å². The van der Waals surface area contributed by atoms with Crippen molar-refractivity contribution in [1.29, 1.82) is 5.26 Å². The molecule has 7 heteroatoms. The molecule has 0 atom stereocenters. The second-order valence-corrected chi connectivity index (χ2v) is 4.35. The van der Waals surface area contributed by atoms with Gasteiger partial charge in [-0.2, -0.15) is 5.26 Å². The van der Waals surface area contributed by atoms with Gasteiger partial charge < -0.3 is 5.32 Å². The van der Waals surface area contributed by atoms with Crippen molar-refractivity contribution in [1.82, 2.24) is 10.2 Å². The molecule has 102 valence electrons. The number of amides is 3. The summed E-state index contributed by atoms with van der Waals surface area (Å²) >= 11 is 0. The van der Waals surface area contributed by atoms with Crippen LogP contribution in [0.3, 0.4) is 0 Å². The standard InChI is InChI=1S/C13H12N4O3/c14-5-9-1-3-10(4-2-9)15-11(18)6-17-7-12(19)16-13(20)8-17/h1-4H,6-8H2,(H,15,18)(H,16,19,20). The largest absolute Gasteiger partial charge is 0.325 e. The number of nitrogens with one attached hydrogen (secondary N) is 2. The molecular weight excluding hydrogens is 260 g/mol. The van der Waals surface area contributed by atoms with Crippen molar-refractivity contribution >= 4 is 23.4 Å². The molecule has 1 saturated heterocycles. The van der Waals surface area contributed by atoms with Crippen LogP contribution in [0.4, 0.5) is 5.69 Å². The van der Waals surface area contributed by atoms with Gasteiger partial charge >= 0.3 is 0 Å². The van der Waals surface area contributed by atoms with Crippen LogP contribution in [0, 0.1) is 11.3 Å². The van der Waals surface area contributed by atoms with Crippen LogP contribution < -0.4 is 10.6 Å². The molecule has 0 unspecified atom stereocenters. The molecule has 1 aliphatic rings. The van der Waals surface area contributed by atoms with Gasteiger partial charge in [0.25, 0.3) is 0 Å². The summed E-state index contributed by atoms with van der Waals surface area (Å²) in [6.45, 7) is -0.00176. The number of rotatable bonds is 3. The van der Waals surface area contributed by atoms with Crippen molar-refractivity contribution in [2.45, 2.75) is 0 Å². The number of hydrogen-bond acceptors (Lipinski definition) is 5. The fourth-order valence-corrected chi connectivity index (χ4v) is 1.84. The molecule has 1 fully saturated rings. The van der Waals surface area contributed by atoms with Crippen LogP contribution in [0.15, 0.2) is 24.3 Å². The lowest BCUT2D eigenvalue weighted by atomic mass is 10.2. The monoisotopic (exact) mass is 272 g/mol. The van der Waals surface area contributed by atoms with Crippen LogP contribution in [0.1, 0.15) is 5.56 Å². The molecule has 0 aliphatic carbocycles. The first-order valence-electron chi connectivity index (χ1n) is 5.92. The van der Waals surface area contributed by atoms with Gasteiger partial charge in [0.05, 0.1) is 31.3 Å². The van der Waals surface area contributed by atoms with Crippen molar-refractivity contribution in [3.8, 4) is 6.07 Å². The summed E-state index contributed by atoms with van der Waals surface area (Å²) < 4.78 is 0. The molecule has 0 radical (unpaired) electrons. The number of imide groups is 1. The lowest BCUT2D eigenvalue weighted by Crippen LogP contribution is -2.53. The Kier molecular flexibility index (Phi) is 4.08. The van der Waals surface area contributed by atoms with E-state index in [2.05, 4.69) is 10.6 Å². The maximum atomic E-state index is 11.8.